The van der Waals surface area contributed by atoms with Gasteiger partial charge in [-0.2, -0.15) is 5.10 Å². The number of carbonyl (C=O) groups excluding carboxylic acids is 1. The molecule has 0 aliphatic carbocycles. The maximum Gasteiger partial charge on any atom is 0.276 e. The van der Waals surface area contributed by atoms with Gasteiger partial charge in [0.25, 0.3) is 5.91 Å². The number of rotatable bonds is 3. The van der Waals surface area contributed by atoms with E-state index in [0.29, 0.717) is 5.69 Å². The third-order valence-electron chi connectivity index (χ3n) is 4.33. The highest BCUT2D eigenvalue weighted by Crippen LogP contribution is 2.23. The summed E-state index contributed by atoms with van der Waals surface area (Å²) in [6.07, 6.45) is 3.44. The van der Waals surface area contributed by atoms with E-state index in [0.717, 1.165) is 33.8 Å². The highest BCUT2D eigenvalue weighted by atomic mass is 16.2. The van der Waals surface area contributed by atoms with Crippen LogP contribution in [0.3, 0.4) is 0 Å². The average Bonchev–Trinajstić information content (AvgIpc) is 3.22. The largest absolute Gasteiger partial charge is 0.342 e. The van der Waals surface area contributed by atoms with Crippen LogP contribution in [0.4, 0.5) is 5.69 Å². The number of nitrogens with zero attached hydrogens (tertiary/aromatic N) is 5. The number of pyridine rings is 1. The quantitative estimate of drug-likeness (QED) is 0.618. The molecule has 7 heteroatoms. The Morgan fingerprint density at radius 3 is 2.85 bits per heavy atom. The Morgan fingerprint density at radius 1 is 1.23 bits per heavy atom. The van der Waals surface area contributed by atoms with Crippen LogP contribution in [0.5, 0.6) is 0 Å². The highest BCUT2D eigenvalue weighted by Gasteiger charge is 2.20. The summed E-state index contributed by atoms with van der Waals surface area (Å²) in [5, 5.41) is 4.44. The molecule has 0 spiro atoms. The summed E-state index contributed by atoms with van der Waals surface area (Å²) in [7, 11) is 3.52. The summed E-state index contributed by atoms with van der Waals surface area (Å²) in [5.41, 5.74) is 4.67. The Balaban J connectivity index is 1.67. The van der Waals surface area contributed by atoms with E-state index < -0.39 is 0 Å². The van der Waals surface area contributed by atoms with E-state index in [1.165, 1.54) is 0 Å². The number of imidazole rings is 1. The molecule has 1 aromatic carbocycles. The number of aromatic amines is 1. The molecule has 0 unspecified atom stereocenters. The van der Waals surface area contributed by atoms with Crippen molar-refractivity contribution in [3.63, 3.8) is 0 Å². The van der Waals surface area contributed by atoms with E-state index in [1.807, 2.05) is 37.3 Å². The first-order valence-corrected chi connectivity index (χ1v) is 8.22. The second-order valence-corrected chi connectivity index (χ2v) is 6.17. The zero-order valence-corrected chi connectivity index (χ0v) is 14.8. The maximum absolute atomic E-state index is 13.0. The fourth-order valence-electron chi connectivity index (χ4n) is 2.95. The SMILES string of the molecule is Cc1nc2ccc(N(C)C(=O)c3cc(-c4cccnc4)nn3C)cc2[nH]1. The van der Waals surface area contributed by atoms with Crippen LogP contribution in [0, 0.1) is 6.92 Å². The molecule has 26 heavy (non-hydrogen) atoms. The van der Waals surface area contributed by atoms with Gasteiger partial charge in [-0.15, -0.1) is 0 Å². The number of H-pyrrole nitrogens is 1. The van der Waals surface area contributed by atoms with Gasteiger partial charge in [0.15, 0.2) is 0 Å². The number of nitrogens with one attached hydrogen (secondary N) is 1. The lowest BCUT2D eigenvalue weighted by Crippen LogP contribution is -2.28. The van der Waals surface area contributed by atoms with Crippen LogP contribution in [0.1, 0.15) is 16.3 Å². The molecule has 0 aliphatic heterocycles. The van der Waals surface area contributed by atoms with Crippen molar-refractivity contribution in [2.75, 3.05) is 11.9 Å². The first kappa shape index (κ1) is 16.0. The van der Waals surface area contributed by atoms with Gasteiger partial charge in [0.2, 0.25) is 0 Å². The van der Waals surface area contributed by atoms with Crippen molar-refractivity contribution in [1.29, 1.82) is 0 Å². The van der Waals surface area contributed by atoms with E-state index in [-0.39, 0.29) is 5.91 Å². The molecule has 0 saturated carbocycles. The van der Waals surface area contributed by atoms with Gasteiger partial charge >= 0.3 is 0 Å². The molecule has 1 N–H and O–H groups in total. The Morgan fingerprint density at radius 2 is 2.08 bits per heavy atom. The lowest BCUT2D eigenvalue weighted by molar-refractivity contribution is 0.0984. The van der Waals surface area contributed by atoms with Crippen LogP contribution in [0.25, 0.3) is 22.3 Å². The Labute approximate surface area is 150 Å². The topological polar surface area (TPSA) is 79.7 Å². The van der Waals surface area contributed by atoms with Gasteiger partial charge in [0, 0.05) is 37.7 Å². The van der Waals surface area contributed by atoms with Crippen LogP contribution in [-0.2, 0) is 7.05 Å². The number of hydrogen-bond donors (Lipinski definition) is 1. The summed E-state index contributed by atoms with van der Waals surface area (Å²) in [4.78, 5) is 26.3. The molecule has 7 nitrogen and oxygen atoms in total. The van der Waals surface area contributed by atoms with Crippen molar-refractivity contribution in [3.8, 4) is 11.3 Å². The number of anilines is 1. The molecule has 1 amide bonds. The number of fused-ring (bicyclic) bond motifs is 1. The second kappa shape index (κ2) is 6.11. The van der Waals surface area contributed by atoms with Gasteiger partial charge in [0.1, 0.15) is 11.5 Å². The summed E-state index contributed by atoms with van der Waals surface area (Å²) >= 11 is 0. The zero-order valence-electron chi connectivity index (χ0n) is 14.8. The summed E-state index contributed by atoms with van der Waals surface area (Å²) in [5.74, 6) is 0.713. The summed E-state index contributed by atoms with van der Waals surface area (Å²) in [6, 6.07) is 11.3. The molecule has 3 heterocycles. The van der Waals surface area contributed by atoms with E-state index >= 15 is 0 Å². The Kier molecular flexibility index (Phi) is 3.76. The molecular formula is C19H18N6O. The molecule has 0 radical (unpaired) electrons. The Hall–Kier alpha value is -3.48. The van der Waals surface area contributed by atoms with Gasteiger partial charge in [-0.05, 0) is 43.3 Å². The van der Waals surface area contributed by atoms with Crippen LogP contribution < -0.4 is 4.90 Å². The molecule has 130 valence electrons. The van der Waals surface area contributed by atoms with Crippen molar-refractivity contribution in [1.82, 2.24) is 24.7 Å². The molecule has 4 aromatic rings. The lowest BCUT2D eigenvalue weighted by Gasteiger charge is -2.17. The predicted octanol–water partition coefficient (Wildman–Crippen LogP) is 2.94. The predicted molar refractivity (Wildman–Crippen MR) is 100 cm³/mol. The third kappa shape index (κ3) is 2.73. The number of benzene rings is 1. The van der Waals surface area contributed by atoms with Crippen molar-refractivity contribution < 1.29 is 4.79 Å². The zero-order chi connectivity index (χ0) is 18.3. The minimum Gasteiger partial charge on any atom is -0.342 e. The molecule has 3 aromatic heterocycles. The van der Waals surface area contributed by atoms with Gasteiger partial charge < -0.3 is 9.88 Å². The number of hydrogen-bond acceptors (Lipinski definition) is 4. The standard InChI is InChI=1S/C19H18N6O/c1-12-21-15-7-6-14(9-17(15)22-12)24(2)19(26)18-10-16(23-25(18)3)13-5-4-8-20-11-13/h4-11H,1-3H3,(H,21,22). The summed E-state index contributed by atoms with van der Waals surface area (Å²) in [6.45, 7) is 1.91. The van der Waals surface area contributed by atoms with Crippen LogP contribution in [-0.4, -0.2) is 37.7 Å². The fraction of sp³-hybridized carbons (Fsp3) is 0.158. The van der Waals surface area contributed by atoms with E-state index in [1.54, 1.807) is 42.1 Å². The van der Waals surface area contributed by atoms with E-state index in [4.69, 9.17) is 0 Å². The highest BCUT2D eigenvalue weighted by molar-refractivity contribution is 6.05. The molecule has 0 bridgehead atoms. The molecule has 0 saturated heterocycles. The summed E-state index contributed by atoms with van der Waals surface area (Å²) < 4.78 is 1.60. The van der Waals surface area contributed by atoms with Crippen molar-refractivity contribution in [2.45, 2.75) is 6.92 Å². The third-order valence-corrected chi connectivity index (χ3v) is 4.33. The maximum atomic E-state index is 13.0. The van der Waals surface area contributed by atoms with E-state index in [2.05, 4.69) is 20.1 Å². The fourth-order valence-corrected chi connectivity index (χ4v) is 2.95. The molecule has 0 fully saturated rings. The van der Waals surface area contributed by atoms with E-state index in [9.17, 15) is 4.79 Å². The molecule has 0 atom stereocenters. The average molecular weight is 346 g/mol. The van der Waals surface area contributed by atoms with Crippen molar-refractivity contribution >= 4 is 22.6 Å². The van der Waals surface area contributed by atoms with Crippen LogP contribution >= 0.6 is 0 Å². The molecule has 0 aliphatic rings. The van der Waals surface area contributed by atoms with Crippen molar-refractivity contribution in [2.24, 2.45) is 7.05 Å². The second-order valence-electron chi connectivity index (χ2n) is 6.17. The van der Waals surface area contributed by atoms with Gasteiger partial charge in [-0.25, -0.2) is 4.98 Å². The first-order valence-electron chi connectivity index (χ1n) is 8.22. The van der Waals surface area contributed by atoms with Crippen LogP contribution in [0.15, 0.2) is 48.8 Å². The van der Waals surface area contributed by atoms with Gasteiger partial charge in [-0.1, -0.05) is 0 Å². The minimum atomic E-state index is -0.134. The minimum absolute atomic E-state index is 0.134. The molecule has 4 rings (SSSR count). The van der Waals surface area contributed by atoms with Crippen LogP contribution in [0.2, 0.25) is 0 Å². The number of aryl methyl sites for hydroxylation is 2. The molecular weight excluding hydrogens is 328 g/mol. The lowest BCUT2D eigenvalue weighted by atomic mass is 10.2. The monoisotopic (exact) mass is 346 g/mol. The van der Waals surface area contributed by atoms with Crippen molar-refractivity contribution in [3.05, 3.63) is 60.3 Å². The normalized spacial score (nSPS) is 11.0. The number of carbonyl (C=O) groups is 1. The van der Waals surface area contributed by atoms with Gasteiger partial charge in [0.05, 0.1) is 16.7 Å². The number of aromatic nitrogens is 5. The first-order chi connectivity index (χ1) is 12.5. The number of amides is 1. The Bertz CT molecular complexity index is 1100. The van der Waals surface area contributed by atoms with Gasteiger partial charge in [-0.3, -0.25) is 14.5 Å². The smallest absolute Gasteiger partial charge is 0.276 e.